The van der Waals surface area contributed by atoms with Gasteiger partial charge in [0.05, 0.1) is 4.90 Å². The Hall–Kier alpha value is -0.820. The molecule has 1 unspecified atom stereocenters. The highest BCUT2D eigenvalue weighted by atomic mass is 35.5. The Kier molecular flexibility index (Phi) is 6.41. The molecule has 0 spiro atoms. The van der Waals surface area contributed by atoms with Crippen LogP contribution in [0.3, 0.4) is 0 Å². The summed E-state index contributed by atoms with van der Waals surface area (Å²) in [5.74, 6) is 0.0451. The first-order valence-corrected chi connectivity index (χ1v) is 10.3. The average molecular weight is 407 g/mol. The Balaban J connectivity index is 0.00000225. The Morgan fingerprint density at radius 1 is 1.24 bits per heavy atom. The zero-order valence-electron chi connectivity index (χ0n) is 13.9. The molecule has 2 saturated carbocycles. The number of carbonyl (C=O) groups excluding carboxylic acids is 1. The van der Waals surface area contributed by atoms with Gasteiger partial charge in [-0.15, -0.1) is 12.4 Å². The molecule has 2 aliphatic carbocycles. The lowest BCUT2D eigenvalue weighted by atomic mass is 10.1. The second-order valence-electron chi connectivity index (χ2n) is 6.87. The minimum atomic E-state index is -3.78. The molecule has 0 aliphatic heterocycles. The summed E-state index contributed by atoms with van der Waals surface area (Å²) >= 11 is 5.85. The zero-order valence-corrected chi connectivity index (χ0v) is 16.3. The van der Waals surface area contributed by atoms with E-state index in [1.807, 2.05) is 0 Å². The summed E-state index contributed by atoms with van der Waals surface area (Å²) in [6, 6.07) is 5.93. The summed E-state index contributed by atoms with van der Waals surface area (Å²) in [5.41, 5.74) is 6.03. The molecule has 1 aromatic carbocycles. The number of benzene rings is 1. The fourth-order valence-corrected chi connectivity index (χ4v) is 5.68. The monoisotopic (exact) mass is 406 g/mol. The van der Waals surface area contributed by atoms with Gasteiger partial charge >= 0.3 is 0 Å². The summed E-state index contributed by atoms with van der Waals surface area (Å²) in [6.45, 7) is 0.335. The normalized spacial score (nSPS) is 20.6. The van der Waals surface area contributed by atoms with Gasteiger partial charge in [0.25, 0.3) is 0 Å². The second kappa shape index (κ2) is 7.82. The molecule has 1 amide bonds. The van der Waals surface area contributed by atoms with E-state index in [-0.39, 0.29) is 23.3 Å². The van der Waals surface area contributed by atoms with E-state index in [2.05, 4.69) is 5.32 Å². The third kappa shape index (κ3) is 3.97. The fraction of sp³-hybridized carbons (Fsp3) is 0.588. The van der Waals surface area contributed by atoms with Crippen molar-refractivity contribution in [3.05, 3.63) is 29.3 Å². The first-order chi connectivity index (χ1) is 11.4. The SMILES string of the molecule is Cl.NC(CNC(=O)C1(S(=O)(=O)c2ccc(Cl)cc2)CCCC1)C1CC1. The summed E-state index contributed by atoms with van der Waals surface area (Å²) in [5, 5.41) is 3.27. The average Bonchev–Trinajstić information content (AvgIpc) is 3.28. The summed E-state index contributed by atoms with van der Waals surface area (Å²) < 4.78 is 24.9. The first-order valence-electron chi connectivity index (χ1n) is 8.41. The van der Waals surface area contributed by atoms with Gasteiger partial charge in [0.2, 0.25) is 5.91 Å². The number of carbonyl (C=O) groups is 1. The molecular weight excluding hydrogens is 383 g/mol. The van der Waals surface area contributed by atoms with Crippen LogP contribution in [-0.4, -0.2) is 31.7 Å². The Morgan fingerprint density at radius 2 is 1.80 bits per heavy atom. The van der Waals surface area contributed by atoms with Gasteiger partial charge in [-0.25, -0.2) is 8.42 Å². The minimum Gasteiger partial charge on any atom is -0.353 e. The van der Waals surface area contributed by atoms with Crippen molar-refractivity contribution < 1.29 is 13.2 Å². The molecule has 0 bridgehead atoms. The van der Waals surface area contributed by atoms with Crippen molar-refractivity contribution in [2.45, 2.75) is 54.2 Å². The standard InChI is InChI=1S/C17H23ClN2O3S.ClH/c18-13-5-7-14(8-6-13)24(22,23)17(9-1-2-10-17)16(21)20-11-15(19)12-3-4-12;/h5-8,12,15H,1-4,9-11,19H2,(H,20,21);1H. The molecule has 0 saturated heterocycles. The zero-order chi connectivity index (χ0) is 17.4. The first kappa shape index (κ1) is 20.5. The van der Waals surface area contributed by atoms with E-state index in [1.165, 1.54) is 24.3 Å². The minimum absolute atomic E-state index is 0. The summed E-state index contributed by atoms with van der Waals surface area (Å²) in [4.78, 5) is 13.0. The molecule has 1 atom stereocenters. The summed E-state index contributed by atoms with van der Waals surface area (Å²) in [6.07, 6.45) is 4.34. The number of hydrogen-bond acceptors (Lipinski definition) is 4. The number of sulfone groups is 1. The number of amides is 1. The lowest BCUT2D eigenvalue weighted by Gasteiger charge is -2.28. The van der Waals surface area contributed by atoms with Crippen LogP contribution in [0.25, 0.3) is 0 Å². The number of nitrogens with one attached hydrogen (secondary N) is 1. The maximum atomic E-state index is 13.2. The van der Waals surface area contributed by atoms with Gasteiger partial charge in [0.15, 0.2) is 14.6 Å². The van der Waals surface area contributed by atoms with Crippen LogP contribution in [0.5, 0.6) is 0 Å². The molecule has 0 heterocycles. The van der Waals surface area contributed by atoms with Crippen molar-refractivity contribution in [1.82, 2.24) is 5.32 Å². The van der Waals surface area contributed by atoms with Crippen LogP contribution in [0.1, 0.15) is 38.5 Å². The highest BCUT2D eigenvalue weighted by Gasteiger charge is 2.52. The van der Waals surface area contributed by atoms with E-state index >= 15 is 0 Å². The highest BCUT2D eigenvalue weighted by Crippen LogP contribution is 2.41. The van der Waals surface area contributed by atoms with Gasteiger partial charge < -0.3 is 11.1 Å². The van der Waals surface area contributed by atoms with Crippen molar-refractivity contribution in [3.8, 4) is 0 Å². The van der Waals surface area contributed by atoms with Crippen molar-refractivity contribution in [2.24, 2.45) is 11.7 Å². The molecule has 1 aromatic rings. The van der Waals surface area contributed by atoms with E-state index in [0.29, 0.717) is 30.3 Å². The van der Waals surface area contributed by atoms with Crippen LogP contribution < -0.4 is 11.1 Å². The second-order valence-corrected chi connectivity index (χ2v) is 9.57. The van der Waals surface area contributed by atoms with Crippen LogP contribution in [0, 0.1) is 5.92 Å². The molecule has 8 heteroatoms. The number of hydrogen-bond donors (Lipinski definition) is 2. The predicted octanol–water partition coefficient (Wildman–Crippen LogP) is 2.70. The predicted molar refractivity (Wildman–Crippen MR) is 101 cm³/mol. The lowest BCUT2D eigenvalue weighted by molar-refractivity contribution is -0.123. The molecule has 2 fully saturated rings. The van der Waals surface area contributed by atoms with Gasteiger partial charge in [0.1, 0.15) is 0 Å². The quantitative estimate of drug-likeness (QED) is 0.759. The fourth-order valence-electron chi connectivity index (χ4n) is 3.47. The smallest absolute Gasteiger partial charge is 0.241 e. The molecular formula is C17H24Cl2N2O3S. The Morgan fingerprint density at radius 3 is 2.32 bits per heavy atom. The van der Waals surface area contributed by atoms with Gasteiger partial charge in [-0.05, 0) is 55.9 Å². The van der Waals surface area contributed by atoms with Gasteiger partial charge in [0, 0.05) is 17.6 Å². The number of nitrogens with two attached hydrogens (primary N) is 1. The van der Waals surface area contributed by atoms with Crippen LogP contribution in [-0.2, 0) is 14.6 Å². The Labute approximate surface area is 160 Å². The lowest BCUT2D eigenvalue weighted by Crippen LogP contribution is -2.53. The van der Waals surface area contributed by atoms with Crippen molar-refractivity contribution in [2.75, 3.05) is 6.54 Å². The molecule has 140 valence electrons. The van der Waals surface area contributed by atoms with E-state index < -0.39 is 20.5 Å². The van der Waals surface area contributed by atoms with E-state index in [1.54, 1.807) is 0 Å². The molecule has 0 radical (unpaired) electrons. The maximum Gasteiger partial charge on any atom is 0.241 e. The molecule has 3 rings (SSSR count). The van der Waals surface area contributed by atoms with Crippen LogP contribution in [0.15, 0.2) is 29.2 Å². The topological polar surface area (TPSA) is 89.3 Å². The Bertz CT molecular complexity index is 712. The van der Waals surface area contributed by atoms with E-state index in [0.717, 1.165) is 25.7 Å². The molecule has 25 heavy (non-hydrogen) atoms. The van der Waals surface area contributed by atoms with Crippen LogP contribution >= 0.6 is 24.0 Å². The third-order valence-electron chi connectivity index (χ3n) is 5.19. The summed E-state index contributed by atoms with van der Waals surface area (Å²) in [7, 11) is -3.78. The third-order valence-corrected chi connectivity index (χ3v) is 7.96. The van der Waals surface area contributed by atoms with Crippen molar-refractivity contribution in [1.29, 1.82) is 0 Å². The van der Waals surface area contributed by atoms with Gasteiger partial charge in [-0.2, -0.15) is 0 Å². The van der Waals surface area contributed by atoms with Crippen molar-refractivity contribution >= 4 is 39.8 Å². The largest absolute Gasteiger partial charge is 0.353 e. The van der Waals surface area contributed by atoms with Crippen molar-refractivity contribution in [3.63, 3.8) is 0 Å². The number of rotatable bonds is 6. The van der Waals surface area contributed by atoms with Gasteiger partial charge in [-0.1, -0.05) is 24.4 Å². The highest BCUT2D eigenvalue weighted by molar-refractivity contribution is 7.93. The maximum absolute atomic E-state index is 13.2. The van der Waals surface area contributed by atoms with E-state index in [4.69, 9.17) is 17.3 Å². The number of halogens is 2. The van der Waals surface area contributed by atoms with Crippen LogP contribution in [0.2, 0.25) is 5.02 Å². The molecule has 5 nitrogen and oxygen atoms in total. The molecule has 3 N–H and O–H groups in total. The van der Waals surface area contributed by atoms with Gasteiger partial charge in [-0.3, -0.25) is 4.79 Å². The molecule has 2 aliphatic rings. The van der Waals surface area contributed by atoms with Crippen LogP contribution in [0.4, 0.5) is 0 Å². The molecule has 0 aromatic heterocycles. The van der Waals surface area contributed by atoms with E-state index in [9.17, 15) is 13.2 Å².